The monoisotopic (exact) mass is 316 g/mol. The van der Waals surface area contributed by atoms with Crippen molar-refractivity contribution >= 4 is 27.3 Å². The maximum atomic E-state index is 11.6. The van der Waals surface area contributed by atoms with E-state index in [9.17, 15) is 4.79 Å². The number of nitrogens with zero attached hydrogens (tertiary/aromatic N) is 1. The van der Waals surface area contributed by atoms with Crippen LogP contribution in [-0.4, -0.2) is 29.9 Å². The normalized spacial score (nSPS) is 22.2. The molecule has 4 heteroatoms. The van der Waals surface area contributed by atoms with Crippen molar-refractivity contribution in [3.05, 3.63) is 35.2 Å². The summed E-state index contributed by atoms with van der Waals surface area (Å²) in [5.74, 6) is 0.767. The Bertz CT molecular complexity index is 651. The summed E-state index contributed by atoms with van der Waals surface area (Å²) in [6.45, 7) is 6.61. The van der Waals surface area contributed by atoms with Gasteiger partial charge >= 0.3 is 0 Å². The smallest absolute Gasteiger partial charge is 0.219 e. The second-order valence-electron chi connectivity index (χ2n) is 6.17. The standard InChI is InChI=1S/C18H24N2OS/c1-3-14-11-20(13(2)21)9-8-17(14)19-10-15-12-22-18-7-5-4-6-16(15)18/h4-7,12,14,17,19H,3,8-11H2,1-2H3. The molecule has 1 N–H and O–H groups in total. The van der Waals surface area contributed by atoms with Crippen molar-refractivity contribution in [1.29, 1.82) is 0 Å². The van der Waals surface area contributed by atoms with Crippen LogP contribution in [0.15, 0.2) is 29.6 Å². The lowest BCUT2D eigenvalue weighted by atomic mass is 9.89. The summed E-state index contributed by atoms with van der Waals surface area (Å²) in [7, 11) is 0. The Balaban J connectivity index is 1.64. The number of amides is 1. The van der Waals surface area contributed by atoms with Crippen molar-refractivity contribution in [2.75, 3.05) is 13.1 Å². The van der Waals surface area contributed by atoms with Gasteiger partial charge in [-0.3, -0.25) is 4.79 Å². The number of hydrogen-bond acceptors (Lipinski definition) is 3. The molecule has 2 aromatic rings. The fourth-order valence-electron chi connectivity index (χ4n) is 3.41. The van der Waals surface area contributed by atoms with E-state index < -0.39 is 0 Å². The van der Waals surface area contributed by atoms with Crippen LogP contribution < -0.4 is 5.32 Å². The summed E-state index contributed by atoms with van der Waals surface area (Å²) < 4.78 is 1.36. The minimum absolute atomic E-state index is 0.209. The Labute approximate surface area is 136 Å². The SMILES string of the molecule is CCC1CN(C(C)=O)CCC1NCc1csc2ccccc12. The number of carbonyl (C=O) groups excluding carboxylic acids is 1. The fourth-order valence-corrected chi connectivity index (χ4v) is 4.37. The molecule has 1 aliphatic rings. The van der Waals surface area contributed by atoms with E-state index in [2.05, 4.69) is 41.9 Å². The zero-order valence-electron chi connectivity index (χ0n) is 13.3. The Morgan fingerprint density at radius 2 is 2.23 bits per heavy atom. The Morgan fingerprint density at radius 1 is 1.41 bits per heavy atom. The Kier molecular flexibility index (Phi) is 4.79. The topological polar surface area (TPSA) is 32.3 Å². The van der Waals surface area contributed by atoms with E-state index in [1.165, 1.54) is 15.6 Å². The van der Waals surface area contributed by atoms with Gasteiger partial charge in [-0.2, -0.15) is 0 Å². The number of piperidine rings is 1. The van der Waals surface area contributed by atoms with Gasteiger partial charge in [0.15, 0.2) is 0 Å². The molecule has 0 bridgehead atoms. The average Bonchev–Trinajstić information content (AvgIpc) is 2.96. The molecule has 22 heavy (non-hydrogen) atoms. The molecule has 2 atom stereocenters. The molecule has 0 aliphatic carbocycles. The number of nitrogens with one attached hydrogen (secondary N) is 1. The first-order chi connectivity index (χ1) is 10.7. The second kappa shape index (κ2) is 6.80. The maximum Gasteiger partial charge on any atom is 0.219 e. The van der Waals surface area contributed by atoms with E-state index in [0.29, 0.717) is 12.0 Å². The molecule has 118 valence electrons. The van der Waals surface area contributed by atoms with Crippen LogP contribution in [0.1, 0.15) is 32.3 Å². The molecular formula is C18H24N2OS. The molecule has 2 heterocycles. The van der Waals surface area contributed by atoms with Crippen molar-refractivity contribution in [2.45, 2.75) is 39.3 Å². The third kappa shape index (κ3) is 3.18. The van der Waals surface area contributed by atoms with Crippen molar-refractivity contribution in [2.24, 2.45) is 5.92 Å². The first kappa shape index (κ1) is 15.5. The fraction of sp³-hybridized carbons (Fsp3) is 0.500. The van der Waals surface area contributed by atoms with Crippen LogP contribution in [-0.2, 0) is 11.3 Å². The molecule has 1 amide bonds. The van der Waals surface area contributed by atoms with Crippen LogP contribution >= 0.6 is 11.3 Å². The number of rotatable bonds is 4. The van der Waals surface area contributed by atoms with E-state index in [1.54, 1.807) is 6.92 Å². The number of hydrogen-bond donors (Lipinski definition) is 1. The predicted octanol–water partition coefficient (Wildman–Crippen LogP) is 3.64. The molecule has 2 unspecified atom stereocenters. The van der Waals surface area contributed by atoms with E-state index in [-0.39, 0.29) is 5.91 Å². The van der Waals surface area contributed by atoms with Gasteiger partial charge < -0.3 is 10.2 Å². The van der Waals surface area contributed by atoms with Crippen LogP contribution in [0.2, 0.25) is 0 Å². The van der Waals surface area contributed by atoms with Gasteiger partial charge in [-0.15, -0.1) is 11.3 Å². The average molecular weight is 316 g/mol. The highest BCUT2D eigenvalue weighted by atomic mass is 32.1. The van der Waals surface area contributed by atoms with Crippen LogP contribution in [0.25, 0.3) is 10.1 Å². The van der Waals surface area contributed by atoms with E-state index in [0.717, 1.165) is 32.5 Å². The van der Waals surface area contributed by atoms with Crippen molar-refractivity contribution in [3.8, 4) is 0 Å². The molecule has 3 nitrogen and oxygen atoms in total. The zero-order chi connectivity index (χ0) is 15.5. The first-order valence-electron chi connectivity index (χ1n) is 8.13. The van der Waals surface area contributed by atoms with Crippen molar-refractivity contribution < 1.29 is 4.79 Å². The van der Waals surface area contributed by atoms with Gasteiger partial charge in [0.1, 0.15) is 0 Å². The molecule has 1 aliphatic heterocycles. The number of benzene rings is 1. The van der Waals surface area contributed by atoms with Gasteiger partial charge in [0, 0.05) is 37.3 Å². The van der Waals surface area contributed by atoms with Gasteiger partial charge in [0.2, 0.25) is 5.91 Å². The van der Waals surface area contributed by atoms with Gasteiger partial charge in [-0.25, -0.2) is 0 Å². The quantitative estimate of drug-likeness (QED) is 0.934. The third-order valence-electron chi connectivity index (χ3n) is 4.82. The van der Waals surface area contributed by atoms with Crippen molar-refractivity contribution in [1.82, 2.24) is 10.2 Å². The summed E-state index contributed by atoms with van der Waals surface area (Å²) in [6, 6.07) is 9.11. The summed E-state index contributed by atoms with van der Waals surface area (Å²) >= 11 is 1.82. The lowest BCUT2D eigenvalue weighted by molar-refractivity contribution is -0.131. The summed E-state index contributed by atoms with van der Waals surface area (Å²) in [6.07, 6.45) is 2.17. The van der Waals surface area contributed by atoms with Gasteiger partial charge in [-0.05, 0) is 34.7 Å². The minimum atomic E-state index is 0.209. The van der Waals surface area contributed by atoms with E-state index >= 15 is 0 Å². The van der Waals surface area contributed by atoms with Gasteiger partial charge in [0.05, 0.1) is 0 Å². The summed E-state index contributed by atoms with van der Waals surface area (Å²) in [4.78, 5) is 13.6. The molecule has 3 rings (SSSR count). The number of fused-ring (bicyclic) bond motifs is 1. The molecule has 1 aromatic heterocycles. The third-order valence-corrected chi connectivity index (χ3v) is 5.83. The largest absolute Gasteiger partial charge is 0.343 e. The van der Waals surface area contributed by atoms with Gasteiger partial charge in [-0.1, -0.05) is 31.5 Å². The van der Waals surface area contributed by atoms with Crippen LogP contribution in [0.5, 0.6) is 0 Å². The molecule has 0 radical (unpaired) electrons. The molecule has 1 saturated heterocycles. The molecule has 0 spiro atoms. The van der Waals surface area contributed by atoms with E-state index in [1.807, 2.05) is 16.2 Å². The number of carbonyl (C=O) groups is 1. The van der Waals surface area contributed by atoms with Crippen molar-refractivity contribution in [3.63, 3.8) is 0 Å². The molecule has 1 aromatic carbocycles. The lowest BCUT2D eigenvalue weighted by Crippen LogP contribution is -2.50. The lowest BCUT2D eigenvalue weighted by Gasteiger charge is -2.38. The van der Waals surface area contributed by atoms with Gasteiger partial charge in [0.25, 0.3) is 0 Å². The van der Waals surface area contributed by atoms with Crippen LogP contribution in [0.3, 0.4) is 0 Å². The first-order valence-corrected chi connectivity index (χ1v) is 9.01. The predicted molar refractivity (Wildman–Crippen MR) is 93.1 cm³/mol. The Morgan fingerprint density at radius 3 is 3.00 bits per heavy atom. The van der Waals surface area contributed by atoms with Crippen LogP contribution in [0.4, 0.5) is 0 Å². The highest BCUT2D eigenvalue weighted by Gasteiger charge is 2.28. The minimum Gasteiger partial charge on any atom is -0.343 e. The molecule has 1 fully saturated rings. The number of likely N-dealkylation sites (tertiary alicyclic amines) is 1. The van der Waals surface area contributed by atoms with Crippen LogP contribution in [0, 0.1) is 5.92 Å². The zero-order valence-corrected chi connectivity index (χ0v) is 14.2. The number of thiophene rings is 1. The van der Waals surface area contributed by atoms with E-state index in [4.69, 9.17) is 0 Å². The Hall–Kier alpha value is -1.39. The summed E-state index contributed by atoms with van der Waals surface area (Å²) in [5, 5.41) is 7.38. The highest BCUT2D eigenvalue weighted by molar-refractivity contribution is 7.17. The molecule has 0 saturated carbocycles. The highest BCUT2D eigenvalue weighted by Crippen LogP contribution is 2.26. The second-order valence-corrected chi connectivity index (χ2v) is 7.08. The molecular weight excluding hydrogens is 292 g/mol. The summed E-state index contributed by atoms with van der Waals surface area (Å²) in [5.41, 5.74) is 1.39. The maximum absolute atomic E-state index is 11.6.